The van der Waals surface area contributed by atoms with Crippen molar-refractivity contribution in [2.24, 2.45) is 0 Å². The van der Waals surface area contributed by atoms with Gasteiger partial charge < -0.3 is 19.9 Å². The Morgan fingerprint density at radius 1 is 0.968 bits per heavy atom. The van der Waals surface area contributed by atoms with Crippen molar-refractivity contribution in [1.82, 2.24) is 15.1 Å². The van der Waals surface area contributed by atoms with E-state index < -0.39 is 5.60 Å². The van der Waals surface area contributed by atoms with E-state index in [1.165, 1.54) is 0 Å². The van der Waals surface area contributed by atoms with Gasteiger partial charge in [0.15, 0.2) is 0 Å². The predicted octanol–water partition coefficient (Wildman–Crippen LogP) is 3.56. The summed E-state index contributed by atoms with van der Waals surface area (Å²) in [5, 5.41) is 3.18. The lowest BCUT2D eigenvalue weighted by atomic mass is 9.94. The molecule has 6 heteroatoms. The molecule has 0 aromatic heterocycles. The van der Waals surface area contributed by atoms with Gasteiger partial charge in [-0.2, -0.15) is 0 Å². The third-order valence-corrected chi connectivity index (χ3v) is 6.35. The molecule has 2 fully saturated rings. The Balaban J connectivity index is 1.30. The summed E-state index contributed by atoms with van der Waals surface area (Å²) in [6, 6.07) is 17.8. The van der Waals surface area contributed by atoms with E-state index in [-0.39, 0.29) is 18.0 Å². The molecule has 2 aliphatic heterocycles. The van der Waals surface area contributed by atoms with Gasteiger partial charge in [-0.05, 0) is 44.4 Å². The van der Waals surface area contributed by atoms with Crippen LogP contribution >= 0.6 is 0 Å². The third kappa shape index (κ3) is 4.90. The summed E-state index contributed by atoms with van der Waals surface area (Å²) < 4.78 is 6.05. The Morgan fingerprint density at radius 3 is 2.32 bits per heavy atom. The Morgan fingerprint density at radius 2 is 1.65 bits per heavy atom. The van der Waals surface area contributed by atoms with Crippen molar-refractivity contribution in [3.63, 3.8) is 0 Å². The number of aryl methyl sites for hydroxylation is 1. The molecule has 0 bridgehead atoms. The maximum Gasteiger partial charge on any atom is 0.317 e. The van der Waals surface area contributed by atoms with Crippen molar-refractivity contribution in [2.75, 3.05) is 32.8 Å². The molecule has 3 amide bonds. The summed E-state index contributed by atoms with van der Waals surface area (Å²) in [5.41, 5.74) is 2.45. The van der Waals surface area contributed by atoms with Crippen molar-refractivity contribution in [3.8, 4) is 0 Å². The number of rotatable bonds is 3. The fourth-order valence-electron chi connectivity index (χ4n) is 4.38. The van der Waals surface area contributed by atoms with Crippen LogP contribution < -0.4 is 5.32 Å². The van der Waals surface area contributed by atoms with Crippen LogP contribution in [0.2, 0.25) is 0 Å². The highest BCUT2D eigenvalue weighted by Gasteiger charge is 2.36. The fraction of sp³-hybridized carbons (Fsp3) is 0.440. The second-order valence-corrected chi connectivity index (χ2v) is 8.75. The quantitative estimate of drug-likeness (QED) is 0.824. The summed E-state index contributed by atoms with van der Waals surface area (Å²) in [6.07, 6.45) is 1.53. The van der Waals surface area contributed by atoms with E-state index in [9.17, 15) is 9.59 Å². The van der Waals surface area contributed by atoms with Crippen LogP contribution in [0, 0.1) is 6.92 Å². The molecule has 0 saturated carbocycles. The van der Waals surface area contributed by atoms with Crippen molar-refractivity contribution < 1.29 is 14.3 Å². The number of amides is 3. The lowest BCUT2D eigenvalue weighted by molar-refractivity contribution is -0.0909. The van der Waals surface area contributed by atoms with Crippen LogP contribution in [0.1, 0.15) is 41.3 Å². The molecule has 6 nitrogen and oxygen atoms in total. The van der Waals surface area contributed by atoms with Gasteiger partial charge in [-0.3, -0.25) is 4.79 Å². The van der Waals surface area contributed by atoms with Gasteiger partial charge >= 0.3 is 6.03 Å². The van der Waals surface area contributed by atoms with Crippen LogP contribution in [-0.4, -0.2) is 60.6 Å². The van der Waals surface area contributed by atoms with E-state index in [1.54, 1.807) is 0 Å². The second kappa shape index (κ2) is 9.10. The molecular weight excluding hydrogens is 390 g/mol. The molecule has 1 atom stereocenters. The zero-order valence-electron chi connectivity index (χ0n) is 18.3. The van der Waals surface area contributed by atoms with Crippen LogP contribution in [0.25, 0.3) is 0 Å². The maximum absolute atomic E-state index is 12.9. The molecule has 31 heavy (non-hydrogen) atoms. The van der Waals surface area contributed by atoms with Gasteiger partial charge in [0.25, 0.3) is 5.91 Å². The summed E-state index contributed by atoms with van der Waals surface area (Å²) in [7, 11) is 0. The van der Waals surface area contributed by atoms with E-state index in [2.05, 4.69) is 5.32 Å². The maximum atomic E-state index is 12.9. The summed E-state index contributed by atoms with van der Waals surface area (Å²) in [4.78, 5) is 29.4. The second-order valence-electron chi connectivity index (χ2n) is 8.75. The predicted molar refractivity (Wildman–Crippen MR) is 120 cm³/mol. The van der Waals surface area contributed by atoms with E-state index in [4.69, 9.17) is 4.74 Å². The zero-order chi connectivity index (χ0) is 21.8. The summed E-state index contributed by atoms with van der Waals surface area (Å²) in [6.45, 7) is 6.98. The number of morpholine rings is 1. The van der Waals surface area contributed by atoms with Crippen LogP contribution in [0.5, 0.6) is 0 Å². The molecule has 2 heterocycles. The topological polar surface area (TPSA) is 61.9 Å². The fourth-order valence-corrected chi connectivity index (χ4v) is 4.38. The highest BCUT2D eigenvalue weighted by atomic mass is 16.5. The monoisotopic (exact) mass is 421 g/mol. The van der Waals surface area contributed by atoms with E-state index in [0.717, 1.165) is 29.5 Å². The summed E-state index contributed by atoms with van der Waals surface area (Å²) >= 11 is 0. The number of carbonyl (C=O) groups is 2. The van der Waals surface area contributed by atoms with Crippen molar-refractivity contribution in [1.29, 1.82) is 0 Å². The number of hydrogen-bond acceptors (Lipinski definition) is 3. The first-order valence-electron chi connectivity index (χ1n) is 11.1. The van der Waals surface area contributed by atoms with E-state index >= 15 is 0 Å². The Kier molecular flexibility index (Phi) is 6.28. The SMILES string of the molecule is Cc1ccc(C(=O)N2CCC(NC(=O)N3CCOC(C)(c4ccccc4)C3)CC2)cc1. The standard InChI is InChI=1S/C25H31N3O3/c1-19-8-10-20(11-9-19)23(29)27-14-12-22(13-15-27)26-24(30)28-16-17-31-25(2,18-28)21-6-4-3-5-7-21/h3-11,22H,12-18H2,1-2H3,(H,26,30). The number of ether oxygens (including phenoxy) is 1. The van der Waals surface area contributed by atoms with Gasteiger partial charge in [0.2, 0.25) is 0 Å². The number of nitrogens with zero attached hydrogens (tertiary/aromatic N) is 2. The minimum atomic E-state index is -0.499. The van der Waals surface area contributed by atoms with E-state index in [0.29, 0.717) is 32.8 Å². The molecular formula is C25H31N3O3. The molecule has 1 unspecified atom stereocenters. The lowest BCUT2D eigenvalue weighted by Crippen LogP contribution is -2.56. The normalized spacial score (nSPS) is 22.3. The van der Waals surface area contributed by atoms with Gasteiger partial charge in [-0.25, -0.2) is 4.79 Å². The molecule has 2 aromatic rings. The first-order chi connectivity index (χ1) is 14.9. The number of urea groups is 1. The van der Waals surface area contributed by atoms with Gasteiger partial charge in [0.05, 0.1) is 13.2 Å². The van der Waals surface area contributed by atoms with Gasteiger partial charge in [0.1, 0.15) is 5.60 Å². The largest absolute Gasteiger partial charge is 0.367 e. The average molecular weight is 422 g/mol. The van der Waals surface area contributed by atoms with Gasteiger partial charge in [-0.1, -0.05) is 48.0 Å². The molecule has 1 N–H and O–H groups in total. The first kappa shape index (κ1) is 21.4. The minimum absolute atomic E-state index is 0.0474. The first-order valence-corrected chi connectivity index (χ1v) is 11.1. The molecule has 4 rings (SSSR count). The highest BCUT2D eigenvalue weighted by molar-refractivity contribution is 5.94. The van der Waals surface area contributed by atoms with Crippen LogP contribution in [0.4, 0.5) is 4.79 Å². The van der Waals surface area contributed by atoms with E-state index in [1.807, 2.05) is 78.2 Å². The lowest BCUT2D eigenvalue weighted by Gasteiger charge is -2.41. The Hall–Kier alpha value is -2.86. The molecule has 2 aliphatic rings. The number of hydrogen-bond donors (Lipinski definition) is 1. The average Bonchev–Trinajstić information content (AvgIpc) is 2.80. The van der Waals surface area contributed by atoms with Crippen molar-refractivity contribution >= 4 is 11.9 Å². The molecule has 164 valence electrons. The molecule has 0 aliphatic carbocycles. The molecule has 0 spiro atoms. The Bertz CT molecular complexity index is 907. The smallest absolute Gasteiger partial charge is 0.317 e. The molecule has 2 saturated heterocycles. The number of likely N-dealkylation sites (tertiary alicyclic amines) is 1. The van der Waals surface area contributed by atoms with Crippen LogP contribution in [-0.2, 0) is 10.3 Å². The van der Waals surface area contributed by atoms with Crippen LogP contribution in [0.3, 0.4) is 0 Å². The minimum Gasteiger partial charge on any atom is -0.367 e. The third-order valence-electron chi connectivity index (χ3n) is 6.35. The number of carbonyl (C=O) groups excluding carboxylic acids is 2. The van der Waals surface area contributed by atoms with Crippen molar-refractivity contribution in [3.05, 3.63) is 71.3 Å². The zero-order valence-corrected chi connectivity index (χ0v) is 18.3. The molecule has 0 radical (unpaired) electrons. The number of nitrogens with one attached hydrogen (secondary N) is 1. The van der Waals surface area contributed by atoms with Crippen molar-refractivity contribution in [2.45, 2.75) is 38.3 Å². The van der Waals surface area contributed by atoms with Crippen LogP contribution in [0.15, 0.2) is 54.6 Å². The number of benzene rings is 2. The number of piperidine rings is 1. The Labute approximate surface area is 184 Å². The molecule has 2 aromatic carbocycles. The van der Waals surface area contributed by atoms with Gasteiger partial charge in [0, 0.05) is 31.2 Å². The highest BCUT2D eigenvalue weighted by Crippen LogP contribution is 2.29. The van der Waals surface area contributed by atoms with Gasteiger partial charge in [-0.15, -0.1) is 0 Å². The summed E-state index contributed by atoms with van der Waals surface area (Å²) in [5.74, 6) is 0.0663.